The Hall–Kier alpha value is -1.86. The van der Waals surface area contributed by atoms with Crippen LogP contribution in [-0.2, 0) is 11.3 Å². The van der Waals surface area contributed by atoms with Gasteiger partial charge < -0.3 is 4.90 Å². The summed E-state index contributed by atoms with van der Waals surface area (Å²) in [4.78, 5) is 17.1. The second-order valence-corrected chi connectivity index (χ2v) is 7.53. The number of carbonyl (C=O) groups is 1. The molecule has 0 N–H and O–H groups in total. The van der Waals surface area contributed by atoms with E-state index < -0.39 is 0 Å². The Labute approximate surface area is 151 Å². The molecule has 1 aromatic rings. The largest absolute Gasteiger partial charge is 0.341 e. The van der Waals surface area contributed by atoms with E-state index in [2.05, 4.69) is 15.9 Å². The second-order valence-electron chi connectivity index (χ2n) is 7.53. The van der Waals surface area contributed by atoms with Gasteiger partial charge in [0, 0.05) is 39.1 Å². The molecular weight excluding hydrogens is 310 g/mol. The summed E-state index contributed by atoms with van der Waals surface area (Å²) in [5.41, 5.74) is 1.94. The minimum atomic E-state index is 0.368. The van der Waals surface area contributed by atoms with E-state index in [1.165, 1.54) is 37.7 Å². The quantitative estimate of drug-likeness (QED) is 0.842. The van der Waals surface area contributed by atoms with Gasteiger partial charge in [0.15, 0.2) is 0 Å². The zero-order chi connectivity index (χ0) is 17.5. The normalized spacial score (nSPS) is 20.0. The molecule has 1 aliphatic heterocycles. The highest BCUT2D eigenvalue weighted by molar-refractivity contribution is 5.76. The van der Waals surface area contributed by atoms with Gasteiger partial charge in [0.25, 0.3) is 0 Å². The highest BCUT2D eigenvalue weighted by atomic mass is 16.2. The fourth-order valence-electron chi connectivity index (χ4n) is 4.09. The van der Waals surface area contributed by atoms with Crippen molar-refractivity contribution in [1.82, 2.24) is 9.80 Å². The molecule has 0 atom stereocenters. The summed E-state index contributed by atoms with van der Waals surface area (Å²) in [6.07, 6.45) is 8.24. The van der Waals surface area contributed by atoms with Crippen LogP contribution in [0.5, 0.6) is 0 Å². The van der Waals surface area contributed by atoms with Crippen LogP contribution >= 0.6 is 0 Å². The first-order valence-electron chi connectivity index (χ1n) is 9.74. The maximum absolute atomic E-state index is 12.6. The minimum absolute atomic E-state index is 0.368. The lowest BCUT2D eigenvalue weighted by Gasteiger charge is -2.26. The first kappa shape index (κ1) is 17.9. The van der Waals surface area contributed by atoms with Gasteiger partial charge in [-0.1, -0.05) is 31.4 Å². The lowest BCUT2D eigenvalue weighted by Crippen LogP contribution is -2.36. The van der Waals surface area contributed by atoms with Gasteiger partial charge in [-0.3, -0.25) is 9.69 Å². The summed E-state index contributed by atoms with van der Waals surface area (Å²) < 4.78 is 0. The predicted octanol–water partition coefficient (Wildman–Crippen LogP) is 3.56. The first-order chi connectivity index (χ1) is 12.2. The van der Waals surface area contributed by atoms with Gasteiger partial charge in [0.1, 0.15) is 0 Å². The van der Waals surface area contributed by atoms with E-state index in [0.29, 0.717) is 17.4 Å². The Balaban J connectivity index is 1.47. The fraction of sp³-hybridized carbons (Fsp3) is 0.619. The third kappa shape index (κ3) is 5.31. The van der Waals surface area contributed by atoms with Crippen molar-refractivity contribution in [3.8, 4) is 6.07 Å². The molecule has 2 aliphatic rings. The van der Waals surface area contributed by atoms with Crippen LogP contribution in [0.25, 0.3) is 0 Å². The van der Waals surface area contributed by atoms with E-state index >= 15 is 0 Å². The molecule has 3 rings (SSSR count). The van der Waals surface area contributed by atoms with E-state index in [4.69, 9.17) is 5.26 Å². The van der Waals surface area contributed by atoms with Gasteiger partial charge in [0.2, 0.25) is 5.91 Å². The molecule has 4 heteroatoms. The number of benzene rings is 1. The third-order valence-corrected chi connectivity index (χ3v) is 5.62. The van der Waals surface area contributed by atoms with Crippen molar-refractivity contribution >= 4 is 5.91 Å². The molecule has 1 aliphatic carbocycles. The Morgan fingerprint density at radius 1 is 1.00 bits per heavy atom. The van der Waals surface area contributed by atoms with Crippen LogP contribution in [-0.4, -0.2) is 41.9 Å². The zero-order valence-corrected chi connectivity index (χ0v) is 15.1. The van der Waals surface area contributed by atoms with Crippen molar-refractivity contribution in [3.05, 3.63) is 35.4 Å². The highest BCUT2D eigenvalue weighted by Crippen LogP contribution is 2.27. The van der Waals surface area contributed by atoms with Crippen molar-refractivity contribution in [3.63, 3.8) is 0 Å². The summed E-state index contributed by atoms with van der Waals surface area (Å²) in [6, 6.07) is 10.0. The van der Waals surface area contributed by atoms with Crippen LogP contribution < -0.4 is 0 Å². The van der Waals surface area contributed by atoms with Crippen LogP contribution in [0.2, 0.25) is 0 Å². The monoisotopic (exact) mass is 339 g/mol. The fourth-order valence-corrected chi connectivity index (χ4v) is 4.09. The van der Waals surface area contributed by atoms with Crippen LogP contribution in [0.3, 0.4) is 0 Å². The van der Waals surface area contributed by atoms with E-state index in [0.717, 1.165) is 45.6 Å². The average Bonchev–Trinajstić information content (AvgIpc) is 2.89. The molecule has 0 spiro atoms. The predicted molar refractivity (Wildman–Crippen MR) is 98.8 cm³/mol. The molecule has 1 saturated carbocycles. The van der Waals surface area contributed by atoms with E-state index in [1.54, 1.807) is 0 Å². The molecule has 1 amide bonds. The average molecular weight is 339 g/mol. The molecule has 0 bridgehead atoms. The first-order valence-corrected chi connectivity index (χ1v) is 9.74. The van der Waals surface area contributed by atoms with Crippen LogP contribution in [0.4, 0.5) is 0 Å². The number of hydrogen-bond donors (Lipinski definition) is 0. The summed E-state index contributed by atoms with van der Waals surface area (Å²) >= 11 is 0. The molecule has 1 heterocycles. The Kier molecular flexibility index (Phi) is 6.47. The van der Waals surface area contributed by atoms with Crippen molar-refractivity contribution in [2.75, 3.05) is 26.2 Å². The standard InChI is InChI=1S/C21H29N3O/c22-16-19-7-9-20(10-8-19)17-23-11-4-12-24(14-13-23)21(25)15-18-5-2-1-3-6-18/h7-10,18H,1-6,11-15,17H2. The molecule has 25 heavy (non-hydrogen) atoms. The van der Waals surface area contributed by atoms with E-state index in [1.807, 2.05) is 24.3 Å². The van der Waals surface area contributed by atoms with Gasteiger partial charge in [-0.2, -0.15) is 5.26 Å². The van der Waals surface area contributed by atoms with Gasteiger partial charge in [-0.15, -0.1) is 0 Å². The smallest absolute Gasteiger partial charge is 0.222 e. The molecule has 0 radical (unpaired) electrons. The lowest BCUT2D eigenvalue weighted by atomic mass is 9.86. The molecule has 1 saturated heterocycles. The van der Waals surface area contributed by atoms with Crippen molar-refractivity contribution < 1.29 is 4.79 Å². The van der Waals surface area contributed by atoms with Crippen molar-refractivity contribution in [2.45, 2.75) is 51.5 Å². The van der Waals surface area contributed by atoms with E-state index in [9.17, 15) is 4.79 Å². The maximum Gasteiger partial charge on any atom is 0.222 e. The number of amides is 1. The van der Waals surface area contributed by atoms with Gasteiger partial charge in [-0.25, -0.2) is 0 Å². The molecular formula is C21H29N3O. The van der Waals surface area contributed by atoms with Crippen LogP contribution in [0, 0.1) is 17.2 Å². The molecule has 1 aromatic carbocycles. The maximum atomic E-state index is 12.6. The lowest BCUT2D eigenvalue weighted by molar-refractivity contribution is -0.132. The Morgan fingerprint density at radius 3 is 2.48 bits per heavy atom. The minimum Gasteiger partial charge on any atom is -0.341 e. The summed E-state index contributed by atoms with van der Waals surface area (Å²) in [5.74, 6) is 0.992. The number of hydrogen-bond acceptors (Lipinski definition) is 3. The van der Waals surface area contributed by atoms with Gasteiger partial charge in [-0.05, 0) is 42.9 Å². The Morgan fingerprint density at radius 2 is 1.76 bits per heavy atom. The number of carbonyl (C=O) groups excluding carboxylic acids is 1. The van der Waals surface area contributed by atoms with Crippen LogP contribution in [0.1, 0.15) is 56.1 Å². The topological polar surface area (TPSA) is 47.3 Å². The zero-order valence-electron chi connectivity index (χ0n) is 15.1. The summed E-state index contributed by atoms with van der Waals surface area (Å²) in [5, 5.41) is 8.89. The van der Waals surface area contributed by atoms with Gasteiger partial charge >= 0.3 is 0 Å². The Bertz CT molecular complexity index is 599. The third-order valence-electron chi connectivity index (χ3n) is 5.62. The van der Waals surface area contributed by atoms with Crippen molar-refractivity contribution in [1.29, 1.82) is 5.26 Å². The van der Waals surface area contributed by atoms with Crippen molar-refractivity contribution in [2.24, 2.45) is 5.92 Å². The number of nitrogens with zero attached hydrogens (tertiary/aromatic N) is 3. The van der Waals surface area contributed by atoms with Gasteiger partial charge in [0.05, 0.1) is 11.6 Å². The second kappa shape index (κ2) is 9.01. The summed E-state index contributed by atoms with van der Waals surface area (Å²) in [6.45, 7) is 4.62. The molecule has 2 fully saturated rings. The SMILES string of the molecule is N#Cc1ccc(CN2CCCN(C(=O)CC3CCCCC3)CC2)cc1. The number of nitriles is 1. The molecule has 0 aromatic heterocycles. The van der Waals surface area contributed by atoms with Crippen LogP contribution in [0.15, 0.2) is 24.3 Å². The number of rotatable bonds is 4. The summed E-state index contributed by atoms with van der Waals surface area (Å²) in [7, 11) is 0. The molecule has 4 nitrogen and oxygen atoms in total. The molecule has 134 valence electrons. The highest BCUT2D eigenvalue weighted by Gasteiger charge is 2.23. The van der Waals surface area contributed by atoms with E-state index in [-0.39, 0.29) is 0 Å². The molecule has 0 unspecified atom stereocenters.